The fraction of sp³-hybridized carbons (Fsp3) is 0.480. The Labute approximate surface area is 215 Å². The second-order valence-corrected chi connectivity index (χ2v) is 9.69. The third-order valence-electron chi connectivity index (χ3n) is 5.95. The Hall–Kier alpha value is -2.51. The van der Waals surface area contributed by atoms with Gasteiger partial charge in [-0.15, -0.1) is 29.9 Å². The van der Waals surface area contributed by atoms with Gasteiger partial charge in [-0.3, -0.25) is 4.98 Å². The number of benzene rings is 1. The number of aromatic nitrogens is 4. The molecule has 1 saturated heterocycles. The number of anilines is 3. The second-order valence-electron chi connectivity index (χ2n) is 9.69. The van der Waals surface area contributed by atoms with Gasteiger partial charge in [0.1, 0.15) is 5.75 Å². The van der Waals surface area contributed by atoms with E-state index in [0.717, 1.165) is 47.3 Å². The summed E-state index contributed by atoms with van der Waals surface area (Å²) in [7, 11) is 1.69. The van der Waals surface area contributed by atoms with E-state index in [1.807, 2.05) is 36.0 Å². The first-order chi connectivity index (χ1) is 15.3. The first-order valence-corrected chi connectivity index (χ1v) is 11.4. The van der Waals surface area contributed by atoms with E-state index < -0.39 is 0 Å². The molecule has 0 bridgehead atoms. The number of hydrogen-bond donors (Lipinski definition) is 1. The quantitative estimate of drug-likeness (QED) is 0.414. The highest BCUT2D eigenvalue weighted by atomic mass is 35.5. The van der Waals surface area contributed by atoms with Crippen molar-refractivity contribution in [1.29, 1.82) is 0 Å². The Morgan fingerprint density at radius 2 is 1.88 bits per heavy atom. The Balaban J connectivity index is 0.00000204. The molecule has 0 spiro atoms. The van der Waals surface area contributed by atoms with Gasteiger partial charge in [-0.05, 0) is 68.9 Å². The van der Waals surface area contributed by atoms with Crippen molar-refractivity contribution in [1.82, 2.24) is 19.7 Å². The lowest BCUT2D eigenvalue weighted by molar-refractivity contribution is 0.288. The minimum atomic E-state index is 0. The molecule has 3 heterocycles. The molecule has 0 unspecified atom stereocenters. The molecule has 0 aliphatic carbocycles. The van der Waals surface area contributed by atoms with E-state index in [-0.39, 0.29) is 36.3 Å². The Morgan fingerprint density at radius 3 is 2.53 bits per heavy atom. The van der Waals surface area contributed by atoms with E-state index in [2.05, 4.69) is 55.0 Å². The number of nitrogens with one attached hydrogen (secondary N) is 1. The van der Waals surface area contributed by atoms with Crippen LogP contribution in [0.15, 0.2) is 36.5 Å². The molecule has 1 fully saturated rings. The topological polar surface area (TPSA) is 68.1 Å². The summed E-state index contributed by atoms with van der Waals surface area (Å²) in [4.78, 5) is 11.5. The van der Waals surface area contributed by atoms with E-state index in [1.54, 1.807) is 7.11 Å². The van der Waals surface area contributed by atoms with Crippen LogP contribution in [-0.4, -0.2) is 39.9 Å². The maximum absolute atomic E-state index is 5.69. The average molecular weight is 508 g/mol. The largest absolute Gasteiger partial charge is 0.496 e. The fourth-order valence-corrected chi connectivity index (χ4v) is 4.37. The summed E-state index contributed by atoms with van der Waals surface area (Å²) in [5.74, 6) is 2.33. The summed E-state index contributed by atoms with van der Waals surface area (Å²) >= 11 is 0. The highest BCUT2D eigenvalue weighted by molar-refractivity contribution is 5.85. The number of pyridine rings is 1. The van der Waals surface area contributed by atoms with E-state index in [0.29, 0.717) is 5.95 Å². The van der Waals surface area contributed by atoms with Gasteiger partial charge >= 0.3 is 0 Å². The van der Waals surface area contributed by atoms with Crippen molar-refractivity contribution in [2.45, 2.75) is 53.5 Å². The van der Waals surface area contributed by atoms with Gasteiger partial charge in [-0.25, -0.2) is 4.68 Å². The molecule has 1 aliphatic rings. The van der Waals surface area contributed by atoms with Gasteiger partial charge in [0.05, 0.1) is 13.2 Å². The number of rotatable bonds is 6. The predicted octanol–water partition coefficient (Wildman–Crippen LogP) is 6.45. The lowest BCUT2D eigenvalue weighted by Gasteiger charge is -2.38. The molecule has 0 amide bonds. The molecule has 1 aromatic carbocycles. The number of ether oxygens (including phenoxy) is 1. The highest BCUT2D eigenvalue weighted by Crippen LogP contribution is 2.35. The molecule has 1 N–H and O–H groups in total. The van der Waals surface area contributed by atoms with Gasteiger partial charge in [0.2, 0.25) is 11.9 Å². The van der Waals surface area contributed by atoms with E-state index in [4.69, 9.17) is 14.8 Å². The molecule has 0 atom stereocenters. The van der Waals surface area contributed by atoms with Crippen LogP contribution in [0.4, 0.5) is 17.6 Å². The van der Waals surface area contributed by atoms with Gasteiger partial charge < -0.3 is 15.0 Å². The van der Waals surface area contributed by atoms with Crippen molar-refractivity contribution in [2.75, 3.05) is 30.4 Å². The predicted molar refractivity (Wildman–Crippen MR) is 144 cm³/mol. The van der Waals surface area contributed by atoms with Crippen LogP contribution in [0.3, 0.4) is 0 Å². The number of hydrogen-bond acceptors (Lipinski definition) is 6. The zero-order chi connectivity index (χ0) is 22.9. The first-order valence-electron chi connectivity index (χ1n) is 11.4. The molecule has 186 valence electrons. The van der Waals surface area contributed by atoms with Crippen molar-refractivity contribution >= 4 is 42.4 Å². The smallest absolute Gasteiger partial charge is 0.248 e. The Kier molecular flexibility index (Phi) is 9.20. The number of aryl methyl sites for hydroxylation is 1. The molecular formula is C25H36Cl2N6O. The summed E-state index contributed by atoms with van der Waals surface area (Å²) < 4.78 is 7.71. The minimum absolute atomic E-state index is 0. The van der Waals surface area contributed by atoms with Crippen LogP contribution in [0.5, 0.6) is 5.75 Å². The molecule has 0 saturated carbocycles. The van der Waals surface area contributed by atoms with Crippen LogP contribution in [0.1, 0.15) is 52.3 Å². The van der Waals surface area contributed by atoms with Gasteiger partial charge in [-0.1, -0.05) is 13.8 Å². The summed E-state index contributed by atoms with van der Waals surface area (Å²) in [5.41, 5.74) is 4.26. The Bertz CT molecular complexity index is 1100. The van der Waals surface area contributed by atoms with Crippen molar-refractivity contribution in [3.05, 3.63) is 42.2 Å². The number of piperidine rings is 1. The number of nitrogens with zero attached hydrogens (tertiary/aromatic N) is 5. The van der Waals surface area contributed by atoms with Crippen LogP contribution >= 0.6 is 24.8 Å². The normalized spacial score (nSPS) is 14.9. The molecule has 9 heteroatoms. The number of methoxy groups -OCH3 is 1. The summed E-state index contributed by atoms with van der Waals surface area (Å²) in [6.07, 6.45) is 4.24. The highest BCUT2D eigenvalue weighted by Gasteiger charge is 2.30. The molecule has 1 aliphatic heterocycles. The molecule has 7 nitrogen and oxygen atoms in total. The van der Waals surface area contributed by atoms with Gasteiger partial charge in [0.15, 0.2) is 0 Å². The maximum atomic E-state index is 5.69. The molecule has 2 aromatic heterocycles. The zero-order valence-electron chi connectivity index (χ0n) is 20.8. The summed E-state index contributed by atoms with van der Waals surface area (Å²) in [5, 5.41) is 8.16. The summed E-state index contributed by atoms with van der Waals surface area (Å²) in [6, 6.07) is 10.4. The fourth-order valence-electron chi connectivity index (χ4n) is 4.37. The molecule has 3 aromatic rings. The third kappa shape index (κ3) is 6.13. The van der Waals surface area contributed by atoms with Crippen LogP contribution in [0, 0.1) is 12.3 Å². The van der Waals surface area contributed by atoms with E-state index in [1.165, 1.54) is 12.8 Å². The average Bonchev–Trinajstić information content (AvgIpc) is 3.17. The summed E-state index contributed by atoms with van der Waals surface area (Å²) in [6.45, 7) is 12.9. The van der Waals surface area contributed by atoms with Gasteiger partial charge in [-0.2, -0.15) is 4.98 Å². The monoisotopic (exact) mass is 506 g/mol. The van der Waals surface area contributed by atoms with Crippen molar-refractivity contribution in [2.24, 2.45) is 5.41 Å². The minimum Gasteiger partial charge on any atom is -0.496 e. The standard InChI is InChI=1S/C25H34N6O.2ClH/c1-17(2)31-24(30-13-7-11-25(4,5)16-30)28-23(29-31)27-20-8-9-21(22(15-20)32-6)19-10-12-26-18(3)14-19;;/h8-10,12,14-15,17H,7,11,13,16H2,1-6H3,(H,27,29);2*1H. The van der Waals surface area contributed by atoms with Gasteiger partial charge in [0.25, 0.3) is 0 Å². The lowest BCUT2D eigenvalue weighted by atomic mass is 9.84. The molecule has 0 radical (unpaired) electrons. The second kappa shape index (κ2) is 11.3. The van der Waals surface area contributed by atoms with E-state index >= 15 is 0 Å². The van der Waals surface area contributed by atoms with Crippen LogP contribution in [-0.2, 0) is 0 Å². The maximum Gasteiger partial charge on any atom is 0.248 e. The van der Waals surface area contributed by atoms with Crippen LogP contribution in [0.25, 0.3) is 11.1 Å². The van der Waals surface area contributed by atoms with Crippen LogP contribution in [0.2, 0.25) is 0 Å². The zero-order valence-corrected chi connectivity index (χ0v) is 22.5. The molecule has 4 rings (SSSR count). The van der Waals surface area contributed by atoms with Crippen LogP contribution < -0.4 is 15.0 Å². The SMILES string of the molecule is COc1cc(Nc2nc(N3CCCC(C)(C)C3)n(C(C)C)n2)ccc1-c1ccnc(C)c1.Cl.Cl. The van der Waals surface area contributed by atoms with E-state index in [9.17, 15) is 0 Å². The van der Waals surface area contributed by atoms with Crippen molar-refractivity contribution in [3.8, 4) is 16.9 Å². The van der Waals surface area contributed by atoms with Gasteiger partial charge in [0, 0.05) is 42.3 Å². The molecular weight excluding hydrogens is 471 g/mol. The Morgan fingerprint density at radius 1 is 1.12 bits per heavy atom. The molecule has 34 heavy (non-hydrogen) atoms. The third-order valence-corrected chi connectivity index (χ3v) is 5.95. The lowest BCUT2D eigenvalue weighted by Crippen LogP contribution is -2.41. The number of halogens is 2. The van der Waals surface area contributed by atoms with Crippen molar-refractivity contribution < 1.29 is 4.74 Å². The first kappa shape index (κ1) is 27.7. The van der Waals surface area contributed by atoms with Crippen molar-refractivity contribution in [3.63, 3.8) is 0 Å².